The van der Waals surface area contributed by atoms with Crippen molar-refractivity contribution >= 4 is 23.4 Å². The van der Waals surface area contributed by atoms with Crippen molar-refractivity contribution in [1.82, 2.24) is 9.97 Å². The van der Waals surface area contributed by atoms with E-state index in [1.807, 2.05) is 4.90 Å². The number of rotatable bonds is 3. The fourth-order valence-electron chi connectivity index (χ4n) is 2.22. The van der Waals surface area contributed by atoms with E-state index in [-0.39, 0.29) is 17.1 Å². The summed E-state index contributed by atoms with van der Waals surface area (Å²) in [4.78, 5) is 31.0. The Bertz CT molecular complexity index is 753. The number of anilines is 3. The number of H-pyrrole nitrogens is 1. The van der Waals surface area contributed by atoms with Gasteiger partial charge in [0.1, 0.15) is 5.69 Å². The molecule has 1 aliphatic heterocycles. The first-order valence-electron chi connectivity index (χ1n) is 6.25. The van der Waals surface area contributed by atoms with Crippen LogP contribution in [0.2, 0.25) is 0 Å². The second-order valence-electron chi connectivity index (χ2n) is 4.68. The summed E-state index contributed by atoms with van der Waals surface area (Å²) in [6, 6.07) is 6.55. The molecule has 0 amide bonds. The highest BCUT2D eigenvalue weighted by Gasteiger charge is 2.23. The number of aromatic amines is 1. The van der Waals surface area contributed by atoms with E-state index in [0.717, 1.165) is 5.56 Å². The van der Waals surface area contributed by atoms with Crippen LogP contribution >= 0.6 is 0 Å². The third kappa shape index (κ3) is 2.38. The number of nitrogens with zero attached hydrogens (tertiary/aromatic N) is 2. The average molecular weight is 287 g/mol. The number of benzene rings is 1. The van der Waals surface area contributed by atoms with Crippen molar-refractivity contribution in [1.29, 1.82) is 0 Å². The minimum absolute atomic E-state index is 0.0636. The zero-order valence-corrected chi connectivity index (χ0v) is 11.0. The predicted octanol–water partition coefficient (Wildman–Crippen LogP) is 0.440. The molecule has 5 N–H and O–H groups in total. The van der Waals surface area contributed by atoms with Crippen molar-refractivity contribution in [2.45, 2.75) is 6.54 Å². The van der Waals surface area contributed by atoms with Crippen LogP contribution in [0.25, 0.3) is 0 Å². The molecule has 0 fully saturated rings. The minimum atomic E-state index is -0.962. The lowest BCUT2D eigenvalue weighted by atomic mass is 10.1. The van der Waals surface area contributed by atoms with Crippen molar-refractivity contribution in [2.24, 2.45) is 0 Å². The van der Waals surface area contributed by atoms with Gasteiger partial charge in [0, 0.05) is 6.54 Å². The molecule has 8 nitrogen and oxygen atoms in total. The van der Waals surface area contributed by atoms with Gasteiger partial charge in [0.25, 0.3) is 5.56 Å². The Morgan fingerprint density at radius 2 is 2.10 bits per heavy atom. The van der Waals surface area contributed by atoms with Gasteiger partial charge >= 0.3 is 5.97 Å². The average Bonchev–Trinajstić information content (AvgIpc) is 2.83. The van der Waals surface area contributed by atoms with Gasteiger partial charge in [0.05, 0.1) is 12.2 Å². The standard InChI is InChI=1S/C13H13N5O3/c14-13-16-10-9(11(19)17-13)15-6-18(10)5-7-1-3-8(4-2-7)12(20)21/h1-4,15H,5-6H2,(H,20,21)(H3,14,16,17,19). The molecule has 0 atom stereocenters. The molecule has 0 aliphatic carbocycles. The van der Waals surface area contributed by atoms with E-state index in [2.05, 4.69) is 15.3 Å². The van der Waals surface area contributed by atoms with Crippen LogP contribution in [-0.2, 0) is 6.54 Å². The van der Waals surface area contributed by atoms with Crippen LogP contribution in [0.3, 0.4) is 0 Å². The van der Waals surface area contributed by atoms with Gasteiger partial charge < -0.3 is 21.1 Å². The van der Waals surface area contributed by atoms with Crippen LogP contribution in [0.5, 0.6) is 0 Å². The van der Waals surface area contributed by atoms with E-state index < -0.39 is 5.97 Å². The summed E-state index contributed by atoms with van der Waals surface area (Å²) in [5.41, 5.74) is 6.79. The van der Waals surface area contributed by atoms with E-state index in [1.54, 1.807) is 24.3 Å². The van der Waals surface area contributed by atoms with Crippen LogP contribution in [0.4, 0.5) is 17.5 Å². The number of carbonyl (C=O) groups is 1. The van der Waals surface area contributed by atoms with Crippen molar-refractivity contribution < 1.29 is 9.90 Å². The predicted molar refractivity (Wildman–Crippen MR) is 77.3 cm³/mol. The van der Waals surface area contributed by atoms with Gasteiger partial charge in [-0.05, 0) is 17.7 Å². The SMILES string of the molecule is Nc1nc2c(c(=O)[nH]1)NCN2Cc1ccc(C(=O)O)cc1. The number of carboxylic acid groups (broad SMARTS) is 1. The molecule has 0 bridgehead atoms. The lowest BCUT2D eigenvalue weighted by molar-refractivity contribution is 0.0697. The zero-order valence-electron chi connectivity index (χ0n) is 11.0. The molecule has 2 aromatic rings. The Kier molecular flexibility index (Phi) is 2.98. The summed E-state index contributed by atoms with van der Waals surface area (Å²) in [5, 5.41) is 11.8. The molecule has 1 aromatic heterocycles. The smallest absolute Gasteiger partial charge is 0.335 e. The van der Waals surface area contributed by atoms with Crippen LogP contribution < -0.4 is 21.5 Å². The van der Waals surface area contributed by atoms with Gasteiger partial charge in [-0.3, -0.25) is 9.78 Å². The summed E-state index contributed by atoms with van der Waals surface area (Å²) in [5.74, 6) is -0.400. The van der Waals surface area contributed by atoms with E-state index >= 15 is 0 Å². The second kappa shape index (κ2) is 4.82. The number of nitrogens with one attached hydrogen (secondary N) is 2. The molecule has 1 aromatic carbocycles. The molecule has 3 rings (SSSR count). The van der Waals surface area contributed by atoms with Crippen LogP contribution in [0.1, 0.15) is 15.9 Å². The number of aromatic carboxylic acids is 1. The van der Waals surface area contributed by atoms with Crippen molar-refractivity contribution in [3.05, 3.63) is 45.7 Å². The molecule has 21 heavy (non-hydrogen) atoms. The number of aromatic nitrogens is 2. The van der Waals surface area contributed by atoms with Crippen molar-refractivity contribution in [3.63, 3.8) is 0 Å². The summed E-state index contributed by atoms with van der Waals surface area (Å²) in [6.07, 6.45) is 0. The summed E-state index contributed by atoms with van der Waals surface area (Å²) in [7, 11) is 0. The topological polar surface area (TPSA) is 124 Å². The number of carboxylic acids is 1. The Hall–Kier alpha value is -3.03. The molecular formula is C13H13N5O3. The fourth-order valence-corrected chi connectivity index (χ4v) is 2.22. The highest BCUT2D eigenvalue weighted by atomic mass is 16.4. The number of hydrogen-bond donors (Lipinski definition) is 4. The van der Waals surface area contributed by atoms with Gasteiger partial charge in [-0.2, -0.15) is 4.98 Å². The van der Waals surface area contributed by atoms with E-state index in [0.29, 0.717) is 24.7 Å². The molecule has 0 spiro atoms. The van der Waals surface area contributed by atoms with E-state index in [9.17, 15) is 9.59 Å². The molecule has 0 unspecified atom stereocenters. The molecule has 0 saturated heterocycles. The number of nitrogens with two attached hydrogens (primary N) is 1. The van der Waals surface area contributed by atoms with Crippen LogP contribution in [0.15, 0.2) is 29.1 Å². The maximum atomic E-state index is 11.7. The normalized spacial score (nSPS) is 12.9. The van der Waals surface area contributed by atoms with Crippen LogP contribution in [0, 0.1) is 0 Å². The summed E-state index contributed by atoms with van der Waals surface area (Å²) < 4.78 is 0. The van der Waals surface area contributed by atoms with E-state index in [1.165, 1.54) is 0 Å². The Morgan fingerprint density at radius 3 is 2.76 bits per heavy atom. The van der Waals surface area contributed by atoms with Gasteiger partial charge in [0.2, 0.25) is 5.95 Å². The zero-order chi connectivity index (χ0) is 15.0. The Balaban J connectivity index is 1.85. The first kappa shape index (κ1) is 13.0. The van der Waals surface area contributed by atoms with Crippen molar-refractivity contribution in [2.75, 3.05) is 22.6 Å². The lowest BCUT2D eigenvalue weighted by Gasteiger charge is -2.17. The first-order valence-corrected chi connectivity index (χ1v) is 6.25. The fraction of sp³-hybridized carbons (Fsp3) is 0.154. The molecule has 2 heterocycles. The van der Waals surface area contributed by atoms with Gasteiger partial charge in [-0.1, -0.05) is 12.1 Å². The minimum Gasteiger partial charge on any atom is -0.478 e. The maximum Gasteiger partial charge on any atom is 0.335 e. The highest BCUT2D eigenvalue weighted by molar-refractivity contribution is 5.87. The molecule has 1 aliphatic rings. The Morgan fingerprint density at radius 1 is 1.38 bits per heavy atom. The molecule has 108 valence electrons. The van der Waals surface area contributed by atoms with Crippen LogP contribution in [-0.4, -0.2) is 27.7 Å². The number of fused-ring (bicyclic) bond motifs is 1. The first-order chi connectivity index (χ1) is 10.0. The Labute approximate surface area is 119 Å². The monoisotopic (exact) mass is 287 g/mol. The summed E-state index contributed by atoms with van der Waals surface area (Å²) in [6.45, 7) is 0.936. The molecule has 0 radical (unpaired) electrons. The van der Waals surface area contributed by atoms with Gasteiger partial charge in [0.15, 0.2) is 5.82 Å². The largest absolute Gasteiger partial charge is 0.478 e. The second-order valence-corrected chi connectivity index (χ2v) is 4.68. The third-order valence-electron chi connectivity index (χ3n) is 3.24. The lowest BCUT2D eigenvalue weighted by Crippen LogP contribution is -2.23. The summed E-state index contributed by atoms with van der Waals surface area (Å²) >= 11 is 0. The van der Waals surface area contributed by atoms with E-state index in [4.69, 9.17) is 10.8 Å². The quantitative estimate of drug-likeness (QED) is 0.645. The molecular weight excluding hydrogens is 274 g/mol. The number of nitrogen functional groups attached to an aromatic ring is 1. The van der Waals surface area contributed by atoms with Gasteiger partial charge in [-0.15, -0.1) is 0 Å². The molecule has 8 heteroatoms. The third-order valence-corrected chi connectivity index (χ3v) is 3.24. The highest BCUT2D eigenvalue weighted by Crippen LogP contribution is 2.27. The number of hydrogen-bond acceptors (Lipinski definition) is 6. The molecule has 0 saturated carbocycles. The van der Waals surface area contributed by atoms with Crippen molar-refractivity contribution in [3.8, 4) is 0 Å². The maximum absolute atomic E-state index is 11.7. The van der Waals surface area contributed by atoms with Gasteiger partial charge in [-0.25, -0.2) is 4.79 Å².